The summed E-state index contributed by atoms with van der Waals surface area (Å²) in [5, 5.41) is 9.03. The van der Waals surface area contributed by atoms with Gasteiger partial charge in [-0.3, -0.25) is 0 Å². The molecule has 1 N–H and O–H groups in total. The maximum atomic E-state index is 9.03. The van der Waals surface area contributed by atoms with Gasteiger partial charge in [-0.05, 0) is 12.8 Å². The molecule has 0 saturated carbocycles. The topological polar surface area (TPSA) is 29.5 Å². The normalized spacial score (nSPS) is 31.1. The van der Waals surface area contributed by atoms with E-state index < -0.39 is 6.29 Å². The van der Waals surface area contributed by atoms with E-state index in [9.17, 15) is 0 Å². The molecule has 0 aromatic heterocycles. The van der Waals surface area contributed by atoms with E-state index in [4.69, 9.17) is 9.84 Å². The Kier molecular flexibility index (Phi) is 3.87. The molecule has 2 atom stereocenters. The molecule has 0 amide bonds. The average Bonchev–Trinajstić information content (AvgIpc) is 2.37. The zero-order valence-corrected chi connectivity index (χ0v) is 7.25. The van der Waals surface area contributed by atoms with Gasteiger partial charge in [0.2, 0.25) is 0 Å². The van der Waals surface area contributed by atoms with Gasteiger partial charge in [0.15, 0.2) is 6.29 Å². The van der Waals surface area contributed by atoms with Crippen LogP contribution in [0, 0.1) is 0 Å². The van der Waals surface area contributed by atoms with Crippen molar-refractivity contribution in [1.82, 2.24) is 0 Å². The number of hydrogen-bond acceptors (Lipinski definition) is 2. The molecular weight excluding hydrogens is 140 g/mol. The Morgan fingerprint density at radius 2 is 2.18 bits per heavy atom. The van der Waals surface area contributed by atoms with E-state index in [0.717, 1.165) is 19.3 Å². The monoisotopic (exact) mass is 158 g/mol. The summed E-state index contributed by atoms with van der Waals surface area (Å²) in [5.41, 5.74) is 0. The fraction of sp³-hybridized carbons (Fsp3) is 1.00. The van der Waals surface area contributed by atoms with E-state index in [0.29, 0.717) is 6.10 Å². The molecule has 1 fully saturated rings. The van der Waals surface area contributed by atoms with Crippen molar-refractivity contribution in [3.05, 3.63) is 0 Å². The summed E-state index contributed by atoms with van der Waals surface area (Å²) in [6.07, 6.45) is 6.67. The van der Waals surface area contributed by atoms with Crippen LogP contribution in [-0.4, -0.2) is 17.5 Å². The minimum absolute atomic E-state index is 0.344. The lowest BCUT2D eigenvalue weighted by molar-refractivity contribution is -0.0919. The molecule has 2 nitrogen and oxygen atoms in total. The lowest BCUT2D eigenvalue weighted by Gasteiger charge is -2.08. The lowest BCUT2D eigenvalue weighted by atomic mass is 10.1. The van der Waals surface area contributed by atoms with Crippen molar-refractivity contribution >= 4 is 0 Å². The Bertz CT molecular complexity index is 104. The molecule has 1 saturated heterocycles. The summed E-state index contributed by atoms with van der Waals surface area (Å²) < 4.78 is 5.26. The van der Waals surface area contributed by atoms with E-state index in [1.165, 1.54) is 19.3 Å². The zero-order valence-electron chi connectivity index (χ0n) is 7.25. The molecule has 0 aromatic carbocycles. The molecule has 0 bridgehead atoms. The van der Waals surface area contributed by atoms with Crippen molar-refractivity contribution in [2.24, 2.45) is 0 Å². The Morgan fingerprint density at radius 1 is 1.36 bits per heavy atom. The van der Waals surface area contributed by atoms with E-state index >= 15 is 0 Å². The van der Waals surface area contributed by atoms with Crippen molar-refractivity contribution < 1.29 is 9.84 Å². The molecule has 1 heterocycles. The fourth-order valence-electron chi connectivity index (χ4n) is 1.52. The molecule has 0 spiro atoms. The molecule has 1 aliphatic heterocycles. The molecule has 0 aliphatic carbocycles. The number of aliphatic hydroxyl groups excluding tert-OH is 1. The second-order valence-corrected chi connectivity index (χ2v) is 3.29. The average molecular weight is 158 g/mol. The smallest absolute Gasteiger partial charge is 0.154 e. The second-order valence-electron chi connectivity index (χ2n) is 3.29. The summed E-state index contributed by atoms with van der Waals surface area (Å²) >= 11 is 0. The molecule has 1 aliphatic rings. The molecular formula is C9H18O2. The van der Waals surface area contributed by atoms with Gasteiger partial charge in [0.1, 0.15) is 0 Å². The van der Waals surface area contributed by atoms with Crippen LogP contribution in [0.3, 0.4) is 0 Å². The highest BCUT2D eigenvalue weighted by Gasteiger charge is 2.21. The highest BCUT2D eigenvalue weighted by Crippen LogP contribution is 2.21. The SMILES string of the molecule is CCCCC[C@H]1CC[C@H](O)O1. The van der Waals surface area contributed by atoms with Crippen LogP contribution >= 0.6 is 0 Å². The van der Waals surface area contributed by atoms with Gasteiger partial charge in [-0.15, -0.1) is 0 Å². The second kappa shape index (κ2) is 4.73. The summed E-state index contributed by atoms with van der Waals surface area (Å²) in [4.78, 5) is 0. The van der Waals surface area contributed by atoms with Gasteiger partial charge in [-0.1, -0.05) is 26.2 Å². The summed E-state index contributed by atoms with van der Waals surface area (Å²) in [6, 6.07) is 0. The quantitative estimate of drug-likeness (QED) is 0.635. The molecule has 1 rings (SSSR count). The van der Waals surface area contributed by atoms with Gasteiger partial charge in [-0.25, -0.2) is 0 Å². The van der Waals surface area contributed by atoms with Crippen molar-refractivity contribution in [3.8, 4) is 0 Å². The fourth-order valence-corrected chi connectivity index (χ4v) is 1.52. The largest absolute Gasteiger partial charge is 0.368 e. The van der Waals surface area contributed by atoms with E-state index in [2.05, 4.69) is 6.92 Å². The predicted molar refractivity (Wildman–Crippen MR) is 44.3 cm³/mol. The number of rotatable bonds is 4. The third-order valence-corrected chi connectivity index (χ3v) is 2.21. The maximum absolute atomic E-state index is 9.03. The number of ether oxygens (including phenoxy) is 1. The molecule has 0 radical (unpaired) electrons. The van der Waals surface area contributed by atoms with Crippen molar-refractivity contribution in [3.63, 3.8) is 0 Å². The van der Waals surface area contributed by atoms with Gasteiger partial charge in [0.25, 0.3) is 0 Å². The zero-order chi connectivity index (χ0) is 8.10. The van der Waals surface area contributed by atoms with Gasteiger partial charge in [-0.2, -0.15) is 0 Å². The minimum atomic E-state index is -0.471. The van der Waals surface area contributed by atoms with Crippen molar-refractivity contribution in [2.75, 3.05) is 0 Å². The van der Waals surface area contributed by atoms with Crippen molar-refractivity contribution in [2.45, 2.75) is 57.8 Å². The van der Waals surface area contributed by atoms with Crippen molar-refractivity contribution in [1.29, 1.82) is 0 Å². The minimum Gasteiger partial charge on any atom is -0.368 e. The number of hydrogen-bond donors (Lipinski definition) is 1. The molecule has 0 aromatic rings. The Morgan fingerprint density at radius 3 is 2.73 bits per heavy atom. The standard InChI is InChI=1S/C9H18O2/c1-2-3-4-5-8-6-7-9(10)11-8/h8-10H,2-7H2,1H3/t8-,9+/m0/s1. The molecule has 2 heteroatoms. The Hall–Kier alpha value is -0.0800. The van der Waals surface area contributed by atoms with E-state index in [1.54, 1.807) is 0 Å². The first-order chi connectivity index (χ1) is 5.33. The third-order valence-electron chi connectivity index (χ3n) is 2.21. The van der Waals surface area contributed by atoms with Crippen LogP contribution in [0.5, 0.6) is 0 Å². The third kappa shape index (κ3) is 3.21. The van der Waals surface area contributed by atoms with E-state index in [-0.39, 0.29) is 0 Å². The van der Waals surface area contributed by atoms with Gasteiger partial charge >= 0.3 is 0 Å². The van der Waals surface area contributed by atoms with Crippen LogP contribution in [0.15, 0.2) is 0 Å². The van der Waals surface area contributed by atoms with Crippen LogP contribution in [0.25, 0.3) is 0 Å². The first-order valence-corrected chi connectivity index (χ1v) is 4.66. The Balaban J connectivity index is 1.99. The number of unbranched alkanes of at least 4 members (excludes halogenated alkanes) is 2. The highest BCUT2D eigenvalue weighted by atomic mass is 16.6. The van der Waals surface area contributed by atoms with E-state index in [1.807, 2.05) is 0 Å². The molecule has 66 valence electrons. The van der Waals surface area contributed by atoms with Gasteiger partial charge in [0, 0.05) is 6.42 Å². The molecule has 0 unspecified atom stereocenters. The highest BCUT2D eigenvalue weighted by molar-refractivity contribution is 4.66. The van der Waals surface area contributed by atoms with Crippen LogP contribution in [0.4, 0.5) is 0 Å². The van der Waals surface area contributed by atoms with Gasteiger partial charge < -0.3 is 9.84 Å². The Labute approximate surface area is 68.6 Å². The predicted octanol–water partition coefficient (Wildman–Crippen LogP) is 2.06. The summed E-state index contributed by atoms with van der Waals surface area (Å²) in [7, 11) is 0. The van der Waals surface area contributed by atoms with Crippen LogP contribution in [0.1, 0.15) is 45.4 Å². The maximum Gasteiger partial charge on any atom is 0.154 e. The summed E-state index contributed by atoms with van der Waals surface area (Å²) in [6.45, 7) is 2.20. The van der Waals surface area contributed by atoms with Crippen LogP contribution < -0.4 is 0 Å². The van der Waals surface area contributed by atoms with Crippen LogP contribution in [-0.2, 0) is 4.74 Å². The lowest BCUT2D eigenvalue weighted by Crippen LogP contribution is -2.09. The number of aliphatic hydroxyl groups is 1. The first-order valence-electron chi connectivity index (χ1n) is 4.66. The first kappa shape index (κ1) is 9.01. The summed E-state index contributed by atoms with van der Waals surface area (Å²) in [5.74, 6) is 0. The van der Waals surface area contributed by atoms with Gasteiger partial charge in [0.05, 0.1) is 6.10 Å². The molecule has 11 heavy (non-hydrogen) atoms. The van der Waals surface area contributed by atoms with Crippen LogP contribution in [0.2, 0.25) is 0 Å².